The molecule has 2 amide bonds. The van der Waals surface area contributed by atoms with Gasteiger partial charge in [-0.25, -0.2) is 10.2 Å². The maximum Gasteiger partial charge on any atom is 0.410 e. The Hall–Kier alpha value is -2.42. The normalized spacial score (nSPS) is 21.8. The Balaban J connectivity index is 1.43. The second kappa shape index (κ2) is 6.88. The SMILES string of the molecule is CC1C(=O)NN=C2CSc3ccc(NC4CN(C(=O)OC(C)(C)C)C4)cc3N21. The molecule has 1 aromatic carbocycles. The number of anilines is 2. The van der Waals surface area contributed by atoms with E-state index in [9.17, 15) is 9.59 Å². The van der Waals surface area contributed by atoms with Gasteiger partial charge in [0.2, 0.25) is 0 Å². The van der Waals surface area contributed by atoms with Gasteiger partial charge in [-0.3, -0.25) is 4.79 Å². The molecular formula is C19H25N5O3S. The van der Waals surface area contributed by atoms with Gasteiger partial charge < -0.3 is 19.9 Å². The van der Waals surface area contributed by atoms with Gasteiger partial charge >= 0.3 is 6.09 Å². The number of carbonyl (C=O) groups excluding carboxylic acids is 2. The first-order valence-corrected chi connectivity index (χ1v) is 10.4. The van der Waals surface area contributed by atoms with Crippen LogP contribution in [0.3, 0.4) is 0 Å². The number of benzene rings is 1. The first kappa shape index (κ1) is 18.9. The Morgan fingerprint density at radius 3 is 2.82 bits per heavy atom. The Labute approximate surface area is 168 Å². The molecule has 2 N–H and O–H groups in total. The molecule has 150 valence electrons. The fraction of sp³-hybridized carbons (Fsp3) is 0.526. The molecule has 1 fully saturated rings. The van der Waals surface area contributed by atoms with Crippen LogP contribution in [0.1, 0.15) is 27.7 Å². The number of fused-ring (bicyclic) bond motifs is 3. The van der Waals surface area contributed by atoms with Crippen LogP contribution in [0.25, 0.3) is 0 Å². The highest BCUT2D eigenvalue weighted by Crippen LogP contribution is 2.39. The van der Waals surface area contributed by atoms with E-state index < -0.39 is 5.60 Å². The molecule has 0 aliphatic carbocycles. The lowest BCUT2D eigenvalue weighted by molar-refractivity contribution is -0.122. The van der Waals surface area contributed by atoms with Gasteiger partial charge in [-0.1, -0.05) is 0 Å². The molecule has 1 atom stereocenters. The van der Waals surface area contributed by atoms with E-state index in [0.717, 1.165) is 27.9 Å². The second-order valence-corrected chi connectivity index (χ2v) is 9.27. The maximum absolute atomic E-state index is 12.1. The van der Waals surface area contributed by atoms with Gasteiger partial charge in [0, 0.05) is 23.7 Å². The van der Waals surface area contributed by atoms with E-state index in [1.807, 2.05) is 38.7 Å². The summed E-state index contributed by atoms with van der Waals surface area (Å²) < 4.78 is 5.39. The zero-order valence-electron chi connectivity index (χ0n) is 16.5. The van der Waals surface area contributed by atoms with Crippen molar-refractivity contribution in [3.8, 4) is 0 Å². The van der Waals surface area contributed by atoms with Crippen LogP contribution in [0.5, 0.6) is 0 Å². The molecule has 28 heavy (non-hydrogen) atoms. The number of hydrogen-bond donors (Lipinski definition) is 2. The lowest BCUT2D eigenvalue weighted by Crippen LogP contribution is -2.58. The summed E-state index contributed by atoms with van der Waals surface area (Å²) in [6.45, 7) is 8.70. The Bertz CT molecular complexity index is 844. The molecule has 0 saturated carbocycles. The first-order chi connectivity index (χ1) is 13.2. The number of hydrazone groups is 1. The Kier molecular flexibility index (Phi) is 4.65. The van der Waals surface area contributed by atoms with Crippen molar-refractivity contribution in [3.05, 3.63) is 18.2 Å². The Morgan fingerprint density at radius 1 is 1.36 bits per heavy atom. The number of amides is 2. The topological polar surface area (TPSA) is 86.3 Å². The minimum Gasteiger partial charge on any atom is -0.444 e. The summed E-state index contributed by atoms with van der Waals surface area (Å²) in [5.74, 6) is 1.49. The van der Waals surface area contributed by atoms with E-state index in [1.54, 1.807) is 16.7 Å². The average molecular weight is 404 g/mol. The number of nitrogens with one attached hydrogen (secondary N) is 2. The maximum atomic E-state index is 12.1. The van der Waals surface area contributed by atoms with Gasteiger partial charge in [-0.15, -0.1) is 11.8 Å². The third-order valence-corrected chi connectivity index (χ3v) is 5.88. The number of thioether (sulfide) groups is 1. The molecule has 0 bridgehead atoms. The number of likely N-dealkylation sites (tertiary alicyclic amines) is 1. The number of amidine groups is 1. The van der Waals surface area contributed by atoms with E-state index in [4.69, 9.17) is 4.74 Å². The zero-order chi connectivity index (χ0) is 20.1. The largest absolute Gasteiger partial charge is 0.444 e. The van der Waals surface area contributed by atoms with Gasteiger partial charge in [-0.2, -0.15) is 5.10 Å². The molecule has 3 aliphatic heterocycles. The highest BCUT2D eigenvalue weighted by atomic mass is 32.2. The predicted octanol–water partition coefficient (Wildman–Crippen LogP) is 2.46. The molecule has 0 spiro atoms. The number of rotatable bonds is 2. The Morgan fingerprint density at radius 2 is 2.11 bits per heavy atom. The summed E-state index contributed by atoms with van der Waals surface area (Å²) in [6, 6.07) is 6.05. The summed E-state index contributed by atoms with van der Waals surface area (Å²) in [6.07, 6.45) is -0.276. The molecule has 1 unspecified atom stereocenters. The van der Waals surface area contributed by atoms with Crippen LogP contribution < -0.4 is 15.6 Å². The molecule has 3 aliphatic rings. The summed E-state index contributed by atoms with van der Waals surface area (Å²) >= 11 is 1.71. The molecule has 4 rings (SSSR count). The number of nitrogens with zero attached hydrogens (tertiary/aromatic N) is 3. The summed E-state index contributed by atoms with van der Waals surface area (Å²) in [4.78, 5) is 28.9. The smallest absolute Gasteiger partial charge is 0.410 e. The summed E-state index contributed by atoms with van der Waals surface area (Å²) in [5.41, 5.74) is 4.06. The fourth-order valence-corrected chi connectivity index (χ4v) is 4.36. The lowest BCUT2D eigenvalue weighted by Gasteiger charge is -2.41. The van der Waals surface area contributed by atoms with E-state index in [0.29, 0.717) is 13.1 Å². The van der Waals surface area contributed by atoms with Crippen LogP contribution in [0, 0.1) is 0 Å². The van der Waals surface area contributed by atoms with Crippen LogP contribution in [0.4, 0.5) is 16.2 Å². The second-order valence-electron chi connectivity index (χ2n) is 8.25. The van der Waals surface area contributed by atoms with Crippen molar-refractivity contribution in [2.24, 2.45) is 5.10 Å². The number of hydrogen-bond acceptors (Lipinski definition) is 7. The number of ether oxygens (including phenoxy) is 1. The van der Waals surface area contributed by atoms with E-state index in [-0.39, 0.29) is 24.1 Å². The van der Waals surface area contributed by atoms with Crippen molar-refractivity contribution >= 4 is 41.0 Å². The highest BCUT2D eigenvalue weighted by Gasteiger charge is 2.36. The van der Waals surface area contributed by atoms with Crippen LogP contribution in [-0.4, -0.2) is 59.3 Å². The molecule has 9 heteroatoms. The van der Waals surface area contributed by atoms with Gasteiger partial charge in [0.25, 0.3) is 5.91 Å². The highest BCUT2D eigenvalue weighted by molar-refractivity contribution is 8.00. The van der Waals surface area contributed by atoms with Gasteiger partial charge in [0.1, 0.15) is 17.5 Å². The van der Waals surface area contributed by atoms with Gasteiger partial charge in [-0.05, 0) is 45.9 Å². The molecule has 1 saturated heterocycles. The summed E-state index contributed by atoms with van der Waals surface area (Å²) in [7, 11) is 0. The van der Waals surface area contributed by atoms with E-state index in [2.05, 4.69) is 28.0 Å². The minimum atomic E-state index is -0.484. The van der Waals surface area contributed by atoms with Crippen LogP contribution in [0.15, 0.2) is 28.2 Å². The van der Waals surface area contributed by atoms with Crippen molar-refractivity contribution < 1.29 is 14.3 Å². The van der Waals surface area contributed by atoms with Crippen molar-refractivity contribution in [1.29, 1.82) is 0 Å². The monoisotopic (exact) mass is 403 g/mol. The minimum absolute atomic E-state index is 0.105. The van der Waals surface area contributed by atoms with Gasteiger partial charge in [0.05, 0.1) is 17.5 Å². The van der Waals surface area contributed by atoms with Crippen molar-refractivity contribution in [1.82, 2.24) is 10.3 Å². The van der Waals surface area contributed by atoms with Gasteiger partial charge in [0.15, 0.2) is 0 Å². The molecule has 8 nitrogen and oxygen atoms in total. The number of carbonyl (C=O) groups is 2. The van der Waals surface area contributed by atoms with Crippen molar-refractivity contribution in [2.75, 3.05) is 29.1 Å². The van der Waals surface area contributed by atoms with E-state index in [1.165, 1.54) is 0 Å². The predicted molar refractivity (Wildman–Crippen MR) is 110 cm³/mol. The molecule has 0 aromatic heterocycles. The van der Waals surface area contributed by atoms with Crippen molar-refractivity contribution in [2.45, 2.75) is 50.3 Å². The third kappa shape index (κ3) is 3.63. The molecule has 3 heterocycles. The van der Waals surface area contributed by atoms with Crippen LogP contribution >= 0.6 is 11.8 Å². The van der Waals surface area contributed by atoms with Crippen LogP contribution in [0.2, 0.25) is 0 Å². The quantitative estimate of drug-likeness (QED) is 0.789. The molecule has 1 aromatic rings. The van der Waals surface area contributed by atoms with E-state index >= 15 is 0 Å². The summed E-state index contributed by atoms with van der Waals surface area (Å²) in [5, 5.41) is 7.67. The lowest BCUT2D eigenvalue weighted by atomic mass is 10.1. The van der Waals surface area contributed by atoms with Crippen molar-refractivity contribution in [3.63, 3.8) is 0 Å². The van der Waals surface area contributed by atoms with Crippen LogP contribution in [-0.2, 0) is 9.53 Å². The third-order valence-electron chi connectivity index (χ3n) is 4.82. The fourth-order valence-electron chi connectivity index (χ4n) is 3.40. The molecular weight excluding hydrogens is 378 g/mol. The first-order valence-electron chi connectivity index (χ1n) is 9.38. The molecule has 0 radical (unpaired) electrons. The zero-order valence-corrected chi connectivity index (χ0v) is 17.3. The standard InChI is InChI=1S/C19H25N5O3S/c1-11-17(25)22-21-16-10-28-15-6-5-12(7-14(15)24(11)16)20-13-8-23(9-13)18(26)27-19(2,3)4/h5-7,11,13,20H,8-10H2,1-4H3,(H,22,25). The average Bonchev–Trinajstić information content (AvgIpc) is 2.58.